The number of rotatable bonds is 5. The molecule has 1 N–H and O–H groups in total. The number of nitrogens with zero attached hydrogens (tertiary/aromatic N) is 2. The van der Waals surface area contributed by atoms with Crippen LogP contribution in [0.2, 0.25) is 0 Å². The Hall–Kier alpha value is -1.51. The second kappa shape index (κ2) is 6.08. The summed E-state index contributed by atoms with van der Waals surface area (Å²) in [5.41, 5.74) is 1.27. The van der Waals surface area contributed by atoms with Gasteiger partial charge in [-0.2, -0.15) is 0 Å². The van der Waals surface area contributed by atoms with Crippen LogP contribution in [0.25, 0.3) is 11.0 Å². The molecule has 0 saturated carbocycles. The molecule has 21 heavy (non-hydrogen) atoms. The Morgan fingerprint density at radius 1 is 1.33 bits per heavy atom. The summed E-state index contributed by atoms with van der Waals surface area (Å²) in [6.45, 7) is 0. The number of carboxylic acid groups (broad SMARTS) is 1. The van der Waals surface area contributed by atoms with Crippen LogP contribution in [0.5, 0.6) is 0 Å². The highest BCUT2D eigenvalue weighted by atomic mass is 32.2. The van der Waals surface area contributed by atoms with Gasteiger partial charge in [0.15, 0.2) is 8.68 Å². The molecule has 0 fully saturated rings. The van der Waals surface area contributed by atoms with Gasteiger partial charge in [0.25, 0.3) is 0 Å². The minimum atomic E-state index is -1.05. The zero-order valence-corrected chi connectivity index (χ0v) is 13.3. The van der Waals surface area contributed by atoms with Gasteiger partial charge in [0.05, 0.1) is 0 Å². The maximum absolute atomic E-state index is 11.3. The molecule has 1 aromatic carbocycles. The van der Waals surface area contributed by atoms with Gasteiger partial charge in [-0.3, -0.25) is 0 Å². The number of hydrogen-bond donors (Lipinski definition) is 1. The smallest absolute Gasteiger partial charge is 0.372 e. The van der Waals surface area contributed by atoms with Crippen LogP contribution in [0.1, 0.15) is 16.1 Å². The molecule has 0 unspecified atom stereocenters. The molecular formula is C13H10N2O3S3. The van der Waals surface area contributed by atoms with Crippen molar-refractivity contribution in [2.75, 3.05) is 6.26 Å². The van der Waals surface area contributed by atoms with E-state index in [9.17, 15) is 9.90 Å². The molecule has 0 radical (unpaired) electrons. The van der Waals surface area contributed by atoms with Crippen LogP contribution in [0.3, 0.4) is 0 Å². The number of aromatic carboxylic acids is 1. The van der Waals surface area contributed by atoms with E-state index in [1.165, 1.54) is 23.1 Å². The van der Waals surface area contributed by atoms with E-state index in [4.69, 9.17) is 4.42 Å². The third kappa shape index (κ3) is 2.92. The maximum Gasteiger partial charge on any atom is 0.372 e. The first-order valence-electron chi connectivity index (χ1n) is 5.93. The molecule has 0 aliphatic heterocycles. The van der Waals surface area contributed by atoms with Gasteiger partial charge >= 0.3 is 5.97 Å². The Morgan fingerprint density at radius 3 is 2.81 bits per heavy atom. The van der Waals surface area contributed by atoms with Crippen LogP contribution in [-0.4, -0.2) is 27.5 Å². The molecule has 8 heteroatoms. The van der Waals surface area contributed by atoms with Crippen molar-refractivity contribution in [3.63, 3.8) is 0 Å². The topological polar surface area (TPSA) is 76.2 Å². The van der Waals surface area contributed by atoms with Gasteiger partial charge in [0.1, 0.15) is 5.58 Å². The second-order valence-corrected chi connectivity index (χ2v) is 7.29. The molecule has 2 aromatic heterocycles. The van der Waals surface area contributed by atoms with E-state index in [-0.39, 0.29) is 5.76 Å². The van der Waals surface area contributed by atoms with Crippen molar-refractivity contribution in [3.8, 4) is 0 Å². The number of thioether (sulfide) groups is 2. The first kappa shape index (κ1) is 14.4. The van der Waals surface area contributed by atoms with E-state index in [0.29, 0.717) is 16.9 Å². The van der Waals surface area contributed by atoms with E-state index in [0.717, 1.165) is 14.1 Å². The Labute approximate surface area is 132 Å². The van der Waals surface area contributed by atoms with Gasteiger partial charge in [-0.05, 0) is 12.3 Å². The number of hydrogen-bond acceptors (Lipinski definition) is 7. The summed E-state index contributed by atoms with van der Waals surface area (Å²) < 4.78 is 7.14. The number of aromatic nitrogens is 2. The number of para-hydroxylation sites is 1. The van der Waals surface area contributed by atoms with Crippen molar-refractivity contribution in [3.05, 3.63) is 35.6 Å². The lowest BCUT2D eigenvalue weighted by molar-refractivity contribution is 0.0664. The van der Waals surface area contributed by atoms with E-state index in [2.05, 4.69) is 10.2 Å². The Bertz CT molecular complexity index is 797. The molecule has 5 nitrogen and oxygen atoms in total. The lowest BCUT2D eigenvalue weighted by Gasteiger charge is -1.97. The van der Waals surface area contributed by atoms with E-state index >= 15 is 0 Å². The first-order valence-corrected chi connectivity index (χ1v) is 8.95. The quantitative estimate of drug-likeness (QED) is 0.705. The summed E-state index contributed by atoms with van der Waals surface area (Å²) >= 11 is 4.51. The van der Waals surface area contributed by atoms with Crippen molar-refractivity contribution < 1.29 is 14.3 Å². The molecular weight excluding hydrogens is 328 g/mol. The fourth-order valence-electron chi connectivity index (χ4n) is 1.89. The summed E-state index contributed by atoms with van der Waals surface area (Å²) in [6, 6.07) is 7.33. The molecule has 0 amide bonds. The maximum atomic E-state index is 11.3. The summed E-state index contributed by atoms with van der Waals surface area (Å²) in [6.07, 6.45) is 1.95. The number of carboxylic acids is 1. The van der Waals surface area contributed by atoms with Crippen molar-refractivity contribution in [2.45, 2.75) is 14.4 Å². The van der Waals surface area contributed by atoms with Crippen molar-refractivity contribution in [1.29, 1.82) is 0 Å². The van der Waals surface area contributed by atoms with Crippen molar-refractivity contribution in [2.24, 2.45) is 0 Å². The van der Waals surface area contributed by atoms with Gasteiger partial charge in [-0.25, -0.2) is 4.79 Å². The molecule has 3 rings (SSSR count). The Kier molecular flexibility index (Phi) is 4.18. The third-order valence-electron chi connectivity index (χ3n) is 2.80. The SMILES string of the molecule is CSc1nnc(SCc2c(C(=O)O)oc3ccccc23)s1. The van der Waals surface area contributed by atoms with Crippen LogP contribution in [0.15, 0.2) is 37.4 Å². The first-order chi connectivity index (χ1) is 10.2. The van der Waals surface area contributed by atoms with Gasteiger partial charge < -0.3 is 9.52 Å². The predicted molar refractivity (Wildman–Crippen MR) is 84.4 cm³/mol. The Morgan fingerprint density at radius 2 is 2.10 bits per heavy atom. The predicted octanol–water partition coefficient (Wildman–Crippen LogP) is 4.00. The van der Waals surface area contributed by atoms with Crippen LogP contribution < -0.4 is 0 Å². The van der Waals surface area contributed by atoms with Crippen LogP contribution in [0.4, 0.5) is 0 Å². The number of carbonyl (C=O) groups is 1. The summed E-state index contributed by atoms with van der Waals surface area (Å²) in [5.74, 6) is -0.566. The second-order valence-electron chi connectivity index (χ2n) is 4.04. The zero-order valence-electron chi connectivity index (χ0n) is 10.9. The highest BCUT2D eigenvalue weighted by Gasteiger charge is 2.20. The zero-order chi connectivity index (χ0) is 14.8. The molecule has 0 aliphatic rings. The van der Waals surface area contributed by atoms with Crippen LogP contribution in [0, 0.1) is 0 Å². The van der Waals surface area contributed by atoms with Crippen molar-refractivity contribution in [1.82, 2.24) is 10.2 Å². The van der Waals surface area contributed by atoms with Gasteiger partial charge in [-0.15, -0.1) is 10.2 Å². The number of fused-ring (bicyclic) bond motifs is 1. The van der Waals surface area contributed by atoms with Crippen molar-refractivity contribution >= 4 is 51.8 Å². The molecule has 2 heterocycles. The lowest BCUT2D eigenvalue weighted by atomic mass is 10.1. The lowest BCUT2D eigenvalue weighted by Crippen LogP contribution is -1.97. The van der Waals surface area contributed by atoms with E-state index in [1.54, 1.807) is 17.8 Å². The third-order valence-corrected chi connectivity index (χ3v) is 5.85. The van der Waals surface area contributed by atoms with Gasteiger partial charge in [0.2, 0.25) is 5.76 Å². The largest absolute Gasteiger partial charge is 0.475 e. The minimum Gasteiger partial charge on any atom is -0.475 e. The molecule has 0 aliphatic carbocycles. The summed E-state index contributed by atoms with van der Waals surface area (Å²) in [5, 5.41) is 18.2. The monoisotopic (exact) mass is 338 g/mol. The van der Waals surface area contributed by atoms with Crippen LogP contribution >= 0.6 is 34.9 Å². The molecule has 0 bridgehead atoms. The highest BCUT2D eigenvalue weighted by Crippen LogP contribution is 2.34. The van der Waals surface area contributed by atoms with E-state index < -0.39 is 5.97 Å². The average Bonchev–Trinajstić information content (AvgIpc) is 3.09. The van der Waals surface area contributed by atoms with Crippen LogP contribution in [-0.2, 0) is 5.75 Å². The standard InChI is InChI=1S/C13H10N2O3S3/c1-19-12-14-15-13(21-12)20-6-8-7-4-2-3-5-9(7)18-10(8)11(16)17/h2-5H,6H2,1H3,(H,16,17). The van der Waals surface area contributed by atoms with Gasteiger partial charge in [0, 0.05) is 16.7 Å². The molecule has 0 spiro atoms. The highest BCUT2D eigenvalue weighted by molar-refractivity contribution is 8.02. The summed E-state index contributed by atoms with van der Waals surface area (Å²) in [4.78, 5) is 11.3. The van der Waals surface area contributed by atoms with E-state index in [1.807, 2.05) is 24.5 Å². The molecule has 0 atom stereocenters. The fourth-order valence-corrected chi connectivity index (χ4v) is 4.35. The normalized spacial score (nSPS) is 11.1. The minimum absolute atomic E-state index is 0.00157. The number of furan rings is 1. The average molecular weight is 338 g/mol. The Balaban J connectivity index is 1.91. The van der Waals surface area contributed by atoms with Gasteiger partial charge in [-0.1, -0.05) is 53.1 Å². The molecule has 3 aromatic rings. The molecule has 0 saturated heterocycles. The number of benzene rings is 1. The molecule has 108 valence electrons. The fraction of sp³-hybridized carbons (Fsp3) is 0.154. The summed E-state index contributed by atoms with van der Waals surface area (Å²) in [7, 11) is 0.